The lowest BCUT2D eigenvalue weighted by molar-refractivity contribution is -0.132. The highest BCUT2D eigenvalue weighted by atomic mass is 32.1. The molecule has 2 aromatic rings. The average Bonchev–Trinajstić information content (AvgIpc) is 3.04. The van der Waals surface area contributed by atoms with E-state index in [0.717, 1.165) is 5.56 Å². The Labute approximate surface area is 127 Å². The number of aromatic nitrogens is 2. The van der Waals surface area contributed by atoms with Gasteiger partial charge in [-0.3, -0.25) is 4.79 Å². The molecule has 0 bridgehead atoms. The Hall–Kier alpha value is -1.73. The van der Waals surface area contributed by atoms with Gasteiger partial charge < -0.3 is 14.4 Å². The Morgan fingerprint density at radius 1 is 1.48 bits per heavy atom. The maximum Gasteiger partial charge on any atom is 0.248 e. The Bertz CT molecular complexity index is 587. The lowest BCUT2D eigenvalue weighted by atomic mass is 10.1. The first-order valence-electron chi connectivity index (χ1n) is 6.66. The van der Waals surface area contributed by atoms with Gasteiger partial charge in [0.05, 0.1) is 5.60 Å². The van der Waals surface area contributed by atoms with Crippen molar-refractivity contribution < 1.29 is 14.3 Å². The van der Waals surface area contributed by atoms with Crippen molar-refractivity contribution >= 4 is 17.2 Å². The van der Waals surface area contributed by atoms with Crippen molar-refractivity contribution in [2.24, 2.45) is 0 Å². The number of thiophene rings is 1. The van der Waals surface area contributed by atoms with Crippen LogP contribution in [0.1, 0.15) is 26.2 Å². The van der Waals surface area contributed by atoms with Crippen LogP contribution in [-0.4, -0.2) is 45.3 Å². The lowest BCUT2D eigenvalue weighted by Gasteiger charge is -2.25. The fourth-order valence-electron chi connectivity index (χ4n) is 1.93. The van der Waals surface area contributed by atoms with Gasteiger partial charge in [0.25, 0.3) is 0 Å². The highest BCUT2D eigenvalue weighted by Gasteiger charge is 2.20. The van der Waals surface area contributed by atoms with Crippen LogP contribution in [0.4, 0.5) is 0 Å². The molecule has 0 fully saturated rings. The fourth-order valence-corrected chi connectivity index (χ4v) is 2.56. The van der Waals surface area contributed by atoms with E-state index >= 15 is 0 Å². The SMILES string of the molecule is CN(CC(C)(C)O)C(=O)CCc1nnc(-c2ccsc2)o1. The van der Waals surface area contributed by atoms with E-state index in [2.05, 4.69) is 10.2 Å². The number of aliphatic hydroxyl groups is 1. The maximum absolute atomic E-state index is 12.0. The molecule has 2 rings (SSSR count). The van der Waals surface area contributed by atoms with Gasteiger partial charge in [-0.25, -0.2) is 0 Å². The molecule has 6 nitrogen and oxygen atoms in total. The van der Waals surface area contributed by atoms with Crippen LogP contribution in [0.3, 0.4) is 0 Å². The predicted molar refractivity (Wildman–Crippen MR) is 79.9 cm³/mol. The molecule has 0 saturated heterocycles. The summed E-state index contributed by atoms with van der Waals surface area (Å²) in [6.45, 7) is 3.62. The monoisotopic (exact) mass is 309 g/mol. The van der Waals surface area contributed by atoms with E-state index in [1.165, 1.54) is 4.90 Å². The number of carbonyl (C=O) groups excluding carboxylic acids is 1. The predicted octanol–water partition coefficient (Wildman–Crippen LogP) is 1.96. The number of amides is 1. The summed E-state index contributed by atoms with van der Waals surface area (Å²) in [6.07, 6.45) is 0.671. The number of aryl methyl sites for hydroxylation is 1. The smallest absolute Gasteiger partial charge is 0.248 e. The summed E-state index contributed by atoms with van der Waals surface area (Å²) in [5.41, 5.74) is -0.00897. The van der Waals surface area contributed by atoms with Crippen molar-refractivity contribution in [2.45, 2.75) is 32.3 Å². The molecule has 114 valence electrons. The Morgan fingerprint density at radius 2 is 2.24 bits per heavy atom. The summed E-state index contributed by atoms with van der Waals surface area (Å²) in [6, 6.07) is 1.91. The fraction of sp³-hybridized carbons (Fsp3) is 0.500. The molecule has 0 aromatic carbocycles. The zero-order chi connectivity index (χ0) is 15.5. The topological polar surface area (TPSA) is 79.5 Å². The van der Waals surface area contributed by atoms with Gasteiger partial charge in [0.2, 0.25) is 17.7 Å². The molecule has 2 aromatic heterocycles. The van der Waals surface area contributed by atoms with Crippen LogP contribution in [0.2, 0.25) is 0 Å². The molecule has 1 N–H and O–H groups in total. The van der Waals surface area contributed by atoms with Gasteiger partial charge in [-0.1, -0.05) is 0 Å². The molecule has 0 atom stereocenters. The number of rotatable bonds is 6. The highest BCUT2D eigenvalue weighted by Crippen LogP contribution is 2.20. The standard InChI is InChI=1S/C14H19N3O3S/c1-14(2,19)9-17(3)12(18)5-4-11-15-16-13(20-11)10-6-7-21-8-10/h6-8,19H,4-5,9H2,1-3H3. The first-order chi connectivity index (χ1) is 9.85. The molecule has 0 spiro atoms. The van der Waals surface area contributed by atoms with E-state index in [9.17, 15) is 9.90 Å². The highest BCUT2D eigenvalue weighted by molar-refractivity contribution is 7.08. The van der Waals surface area contributed by atoms with Crippen molar-refractivity contribution in [3.05, 3.63) is 22.7 Å². The molecule has 21 heavy (non-hydrogen) atoms. The van der Waals surface area contributed by atoms with Crippen LogP contribution < -0.4 is 0 Å². The summed E-state index contributed by atoms with van der Waals surface area (Å²) < 4.78 is 5.52. The van der Waals surface area contributed by atoms with Gasteiger partial charge in [0.15, 0.2) is 0 Å². The summed E-state index contributed by atoms with van der Waals surface area (Å²) in [4.78, 5) is 13.5. The number of hydrogen-bond donors (Lipinski definition) is 1. The van der Waals surface area contributed by atoms with E-state index in [1.54, 1.807) is 32.2 Å². The van der Waals surface area contributed by atoms with Crippen LogP contribution in [-0.2, 0) is 11.2 Å². The Kier molecular flexibility index (Phi) is 4.74. The Balaban J connectivity index is 1.87. The first kappa shape index (κ1) is 15.7. The molecule has 0 unspecified atom stereocenters. The third-order valence-corrected chi connectivity index (χ3v) is 3.52. The minimum atomic E-state index is -0.902. The quantitative estimate of drug-likeness (QED) is 0.882. The molecule has 7 heteroatoms. The molecule has 0 radical (unpaired) electrons. The molecule has 2 heterocycles. The maximum atomic E-state index is 12.0. The van der Waals surface area contributed by atoms with E-state index in [1.807, 2.05) is 16.8 Å². The summed E-state index contributed by atoms with van der Waals surface area (Å²) in [7, 11) is 1.67. The lowest BCUT2D eigenvalue weighted by Crippen LogP contribution is -2.39. The normalized spacial score (nSPS) is 11.6. The summed E-state index contributed by atoms with van der Waals surface area (Å²) in [5, 5.41) is 21.5. The molecule has 0 aliphatic carbocycles. The zero-order valence-corrected chi connectivity index (χ0v) is 13.2. The van der Waals surface area contributed by atoms with Crippen molar-refractivity contribution in [3.8, 4) is 11.5 Å². The molecule has 0 aliphatic heterocycles. The van der Waals surface area contributed by atoms with Gasteiger partial charge in [0.1, 0.15) is 0 Å². The second-order valence-corrected chi connectivity index (χ2v) is 6.36. The van der Waals surface area contributed by atoms with Crippen molar-refractivity contribution in [2.75, 3.05) is 13.6 Å². The van der Waals surface area contributed by atoms with E-state index in [4.69, 9.17) is 4.42 Å². The number of carbonyl (C=O) groups is 1. The van der Waals surface area contributed by atoms with Gasteiger partial charge in [-0.15, -0.1) is 10.2 Å². The van der Waals surface area contributed by atoms with Gasteiger partial charge in [-0.05, 0) is 25.3 Å². The number of nitrogens with zero attached hydrogens (tertiary/aromatic N) is 3. The average molecular weight is 309 g/mol. The molecule has 0 aliphatic rings. The van der Waals surface area contributed by atoms with Crippen LogP contribution in [0.15, 0.2) is 21.2 Å². The molecule has 0 saturated carbocycles. The van der Waals surface area contributed by atoms with Crippen molar-refractivity contribution in [3.63, 3.8) is 0 Å². The number of likely N-dealkylation sites (N-methyl/N-ethyl adjacent to an activating group) is 1. The van der Waals surface area contributed by atoms with Gasteiger partial charge in [0, 0.05) is 37.4 Å². The minimum absolute atomic E-state index is 0.0626. The zero-order valence-electron chi connectivity index (χ0n) is 12.4. The largest absolute Gasteiger partial charge is 0.421 e. The Morgan fingerprint density at radius 3 is 2.86 bits per heavy atom. The van der Waals surface area contributed by atoms with Crippen LogP contribution in [0, 0.1) is 0 Å². The third kappa shape index (κ3) is 4.64. The minimum Gasteiger partial charge on any atom is -0.421 e. The van der Waals surface area contributed by atoms with Crippen molar-refractivity contribution in [1.29, 1.82) is 0 Å². The van der Waals surface area contributed by atoms with E-state index < -0.39 is 5.60 Å². The first-order valence-corrected chi connectivity index (χ1v) is 7.61. The van der Waals surface area contributed by atoms with E-state index in [-0.39, 0.29) is 18.9 Å². The number of hydrogen-bond acceptors (Lipinski definition) is 6. The second kappa shape index (κ2) is 6.36. The van der Waals surface area contributed by atoms with Crippen LogP contribution >= 0.6 is 11.3 Å². The van der Waals surface area contributed by atoms with Crippen LogP contribution in [0.5, 0.6) is 0 Å². The van der Waals surface area contributed by atoms with Crippen molar-refractivity contribution in [1.82, 2.24) is 15.1 Å². The second-order valence-electron chi connectivity index (χ2n) is 5.58. The summed E-state index contributed by atoms with van der Waals surface area (Å²) in [5.74, 6) is 0.858. The van der Waals surface area contributed by atoms with Gasteiger partial charge >= 0.3 is 0 Å². The molecule has 1 amide bonds. The summed E-state index contributed by atoms with van der Waals surface area (Å²) >= 11 is 1.56. The van der Waals surface area contributed by atoms with Crippen LogP contribution in [0.25, 0.3) is 11.5 Å². The molecular formula is C14H19N3O3S. The van der Waals surface area contributed by atoms with E-state index in [0.29, 0.717) is 18.2 Å². The third-order valence-electron chi connectivity index (χ3n) is 2.84. The molecular weight excluding hydrogens is 290 g/mol. The van der Waals surface area contributed by atoms with Gasteiger partial charge in [-0.2, -0.15) is 11.3 Å².